The summed E-state index contributed by atoms with van der Waals surface area (Å²) >= 11 is 12.2. The number of benzene rings is 2. The third-order valence-electron chi connectivity index (χ3n) is 3.12. The highest BCUT2D eigenvalue weighted by molar-refractivity contribution is 6.33. The van der Waals surface area contributed by atoms with Gasteiger partial charge in [0.1, 0.15) is 5.69 Å². The molecule has 0 atom stereocenters. The SMILES string of the molecule is Clc1ccc(CNc2cccc(Cl)c2-n2cccn2)cc1. The maximum atomic E-state index is 6.31. The van der Waals surface area contributed by atoms with Crippen molar-refractivity contribution in [2.45, 2.75) is 6.54 Å². The number of halogens is 2. The van der Waals surface area contributed by atoms with Crippen LogP contribution in [0.25, 0.3) is 5.69 Å². The summed E-state index contributed by atoms with van der Waals surface area (Å²) in [5.41, 5.74) is 2.92. The fraction of sp³-hybridized carbons (Fsp3) is 0.0625. The maximum Gasteiger partial charge on any atom is 0.106 e. The first-order valence-electron chi connectivity index (χ1n) is 6.51. The Hall–Kier alpha value is -1.97. The zero-order valence-electron chi connectivity index (χ0n) is 11.1. The number of aromatic nitrogens is 2. The molecule has 0 aliphatic heterocycles. The lowest BCUT2D eigenvalue weighted by Crippen LogP contribution is -2.05. The van der Waals surface area contributed by atoms with Gasteiger partial charge >= 0.3 is 0 Å². The lowest BCUT2D eigenvalue weighted by atomic mass is 10.2. The summed E-state index contributed by atoms with van der Waals surface area (Å²) in [7, 11) is 0. The second kappa shape index (κ2) is 6.20. The molecule has 1 heterocycles. The topological polar surface area (TPSA) is 29.9 Å². The lowest BCUT2D eigenvalue weighted by molar-refractivity contribution is 0.879. The van der Waals surface area contributed by atoms with Crippen molar-refractivity contribution in [1.82, 2.24) is 9.78 Å². The summed E-state index contributed by atoms with van der Waals surface area (Å²) in [6, 6.07) is 15.4. The van der Waals surface area contributed by atoms with Gasteiger partial charge in [-0.25, -0.2) is 4.68 Å². The Bertz CT molecular complexity index is 722. The summed E-state index contributed by atoms with van der Waals surface area (Å²) in [6.45, 7) is 0.686. The van der Waals surface area contributed by atoms with Crippen molar-refractivity contribution >= 4 is 28.9 Å². The lowest BCUT2D eigenvalue weighted by Gasteiger charge is -2.13. The van der Waals surface area contributed by atoms with E-state index in [9.17, 15) is 0 Å². The summed E-state index contributed by atoms with van der Waals surface area (Å²) in [5, 5.41) is 9.03. The van der Waals surface area contributed by atoms with Crippen LogP contribution in [0.15, 0.2) is 60.9 Å². The molecule has 0 fully saturated rings. The molecule has 3 aromatic rings. The van der Waals surface area contributed by atoms with Gasteiger partial charge in [0.05, 0.1) is 10.7 Å². The molecule has 0 saturated heterocycles. The van der Waals surface area contributed by atoms with E-state index < -0.39 is 0 Å². The van der Waals surface area contributed by atoms with Gasteiger partial charge in [-0.2, -0.15) is 5.10 Å². The molecule has 1 aromatic heterocycles. The van der Waals surface area contributed by atoms with Crippen LogP contribution in [-0.4, -0.2) is 9.78 Å². The number of nitrogens with one attached hydrogen (secondary N) is 1. The minimum absolute atomic E-state index is 0.653. The van der Waals surface area contributed by atoms with Gasteiger partial charge in [-0.1, -0.05) is 41.4 Å². The standard InChI is InChI=1S/C16H13Cl2N3/c17-13-7-5-12(6-8-13)11-19-15-4-1-3-14(18)16(15)21-10-2-9-20-21/h1-10,19H,11H2. The molecule has 0 radical (unpaired) electrons. The van der Waals surface area contributed by atoms with Gasteiger partial charge in [0, 0.05) is 24.0 Å². The van der Waals surface area contributed by atoms with E-state index in [0.29, 0.717) is 11.6 Å². The van der Waals surface area contributed by atoms with E-state index in [0.717, 1.165) is 22.0 Å². The van der Waals surface area contributed by atoms with E-state index in [1.54, 1.807) is 10.9 Å². The first-order valence-corrected chi connectivity index (χ1v) is 7.26. The Morgan fingerprint density at radius 3 is 2.52 bits per heavy atom. The molecule has 0 bridgehead atoms. The smallest absolute Gasteiger partial charge is 0.106 e. The highest BCUT2D eigenvalue weighted by Crippen LogP contribution is 2.28. The molecule has 106 valence electrons. The molecule has 0 aliphatic rings. The van der Waals surface area contributed by atoms with Gasteiger partial charge < -0.3 is 5.32 Å². The molecule has 5 heteroatoms. The van der Waals surface area contributed by atoms with Gasteiger partial charge in [0.15, 0.2) is 0 Å². The average molecular weight is 318 g/mol. The molecule has 21 heavy (non-hydrogen) atoms. The van der Waals surface area contributed by atoms with E-state index >= 15 is 0 Å². The molecule has 3 nitrogen and oxygen atoms in total. The van der Waals surface area contributed by atoms with Crippen LogP contribution in [0.4, 0.5) is 5.69 Å². The number of rotatable bonds is 4. The van der Waals surface area contributed by atoms with Gasteiger partial charge in [0.25, 0.3) is 0 Å². The number of nitrogens with zero attached hydrogens (tertiary/aromatic N) is 2. The average Bonchev–Trinajstić information content (AvgIpc) is 3.00. The van der Waals surface area contributed by atoms with Crippen molar-refractivity contribution < 1.29 is 0 Å². The summed E-state index contributed by atoms with van der Waals surface area (Å²) in [6.07, 6.45) is 3.60. The first-order chi connectivity index (χ1) is 10.2. The van der Waals surface area contributed by atoms with Crippen molar-refractivity contribution in [2.24, 2.45) is 0 Å². The monoisotopic (exact) mass is 317 g/mol. The first kappa shape index (κ1) is 14.0. The van der Waals surface area contributed by atoms with Crippen molar-refractivity contribution in [1.29, 1.82) is 0 Å². The van der Waals surface area contributed by atoms with E-state index in [1.807, 2.05) is 54.7 Å². The van der Waals surface area contributed by atoms with E-state index in [1.165, 1.54) is 0 Å². The number of hydrogen-bond acceptors (Lipinski definition) is 2. The fourth-order valence-electron chi connectivity index (χ4n) is 2.09. The Morgan fingerprint density at radius 2 is 1.81 bits per heavy atom. The molecule has 1 N–H and O–H groups in total. The molecule has 0 saturated carbocycles. The van der Waals surface area contributed by atoms with E-state index in [2.05, 4.69) is 10.4 Å². The van der Waals surface area contributed by atoms with E-state index in [-0.39, 0.29) is 0 Å². The van der Waals surface area contributed by atoms with Crippen molar-refractivity contribution in [2.75, 3.05) is 5.32 Å². The Balaban J connectivity index is 1.86. The van der Waals surface area contributed by atoms with Gasteiger partial charge in [-0.15, -0.1) is 0 Å². The highest BCUT2D eigenvalue weighted by Gasteiger charge is 2.09. The zero-order chi connectivity index (χ0) is 14.7. The van der Waals surface area contributed by atoms with E-state index in [4.69, 9.17) is 23.2 Å². The Morgan fingerprint density at radius 1 is 1.00 bits per heavy atom. The van der Waals surface area contributed by atoms with Crippen molar-refractivity contribution in [3.05, 3.63) is 76.5 Å². The predicted molar refractivity (Wildman–Crippen MR) is 87.4 cm³/mol. The summed E-state index contributed by atoms with van der Waals surface area (Å²) in [4.78, 5) is 0. The molecule has 0 unspecified atom stereocenters. The zero-order valence-corrected chi connectivity index (χ0v) is 12.6. The molecular weight excluding hydrogens is 305 g/mol. The largest absolute Gasteiger partial charge is 0.379 e. The summed E-state index contributed by atoms with van der Waals surface area (Å²) < 4.78 is 1.76. The Kier molecular flexibility index (Phi) is 4.13. The predicted octanol–water partition coefficient (Wildman–Crippen LogP) is 4.79. The molecule has 3 rings (SSSR count). The molecule has 0 amide bonds. The normalized spacial score (nSPS) is 10.6. The van der Waals surface area contributed by atoms with Gasteiger partial charge in [-0.05, 0) is 35.9 Å². The van der Waals surface area contributed by atoms with Crippen LogP contribution >= 0.6 is 23.2 Å². The maximum absolute atomic E-state index is 6.31. The van der Waals surface area contributed by atoms with Crippen LogP contribution in [0.5, 0.6) is 0 Å². The molecule has 0 aliphatic carbocycles. The van der Waals surface area contributed by atoms with Gasteiger partial charge in [-0.3, -0.25) is 0 Å². The van der Waals surface area contributed by atoms with Crippen LogP contribution in [0.3, 0.4) is 0 Å². The fourth-order valence-corrected chi connectivity index (χ4v) is 2.48. The van der Waals surface area contributed by atoms with Crippen molar-refractivity contribution in [3.8, 4) is 5.69 Å². The summed E-state index contributed by atoms with van der Waals surface area (Å²) in [5.74, 6) is 0. The Labute approximate surface area is 133 Å². The number of para-hydroxylation sites is 1. The van der Waals surface area contributed by atoms with Crippen molar-refractivity contribution in [3.63, 3.8) is 0 Å². The highest BCUT2D eigenvalue weighted by atomic mass is 35.5. The van der Waals surface area contributed by atoms with Gasteiger partial charge in [0.2, 0.25) is 0 Å². The minimum Gasteiger partial charge on any atom is -0.379 e. The second-order valence-corrected chi connectivity index (χ2v) is 5.41. The van der Waals surface area contributed by atoms with Crippen LogP contribution in [0, 0.1) is 0 Å². The van der Waals surface area contributed by atoms with Crippen LogP contribution < -0.4 is 5.32 Å². The number of anilines is 1. The third-order valence-corrected chi connectivity index (χ3v) is 3.67. The quantitative estimate of drug-likeness (QED) is 0.749. The molecular formula is C16H13Cl2N3. The third kappa shape index (κ3) is 3.20. The van der Waals surface area contributed by atoms with Crippen LogP contribution in [-0.2, 0) is 6.54 Å². The van der Waals surface area contributed by atoms with Crippen LogP contribution in [0.1, 0.15) is 5.56 Å². The number of hydrogen-bond donors (Lipinski definition) is 1. The second-order valence-electron chi connectivity index (χ2n) is 4.57. The molecule has 0 spiro atoms. The van der Waals surface area contributed by atoms with Crippen LogP contribution in [0.2, 0.25) is 10.0 Å². The minimum atomic E-state index is 0.653. The molecule has 2 aromatic carbocycles.